The van der Waals surface area contributed by atoms with Gasteiger partial charge in [-0.1, -0.05) is 12.2 Å². The van der Waals surface area contributed by atoms with Crippen molar-refractivity contribution in [1.82, 2.24) is 9.88 Å². The molecule has 0 spiro atoms. The van der Waals surface area contributed by atoms with Crippen LogP contribution in [0.1, 0.15) is 30.8 Å². The van der Waals surface area contributed by atoms with Gasteiger partial charge in [-0.2, -0.15) is 0 Å². The molecular weight excluding hydrogens is 268 g/mol. The van der Waals surface area contributed by atoms with Crippen LogP contribution < -0.4 is 10.6 Å². The van der Waals surface area contributed by atoms with Crippen molar-refractivity contribution in [2.75, 3.05) is 32.1 Å². The van der Waals surface area contributed by atoms with E-state index in [1.54, 1.807) is 0 Å². The van der Waals surface area contributed by atoms with Crippen molar-refractivity contribution >= 4 is 22.9 Å². The smallest absolute Gasteiger partial charge is 0.107 e. The van der Waals surface area contributed by atoms with E-state index in [0.717, 1.165) is 35.7 Å². The van der Waals surface area contributed by atoms with E-state index < -0.39 is 0 Å². The van der Waals surface area contributed by atoms with E-state index in [1.165, 1.54) is 0 Å². The zero-order chi connectivity index (χ0) is 15.4. The monoisotopic (exact) mass is 294 g/mol. The molecule has 0 aliphatic rings. The predicted molar refractivity (Wildman–Crippen MR) is 90.6 cm³/mol. The van der Waals surface area contributed by atoms with Gasteiger partial charge < -0.3 is 15.5 Å². The largest absolute Gasteiger partial charge is 0.389 e. The number of hydrogen-bond donors (Lipinski definition) is 1. The minimum absolute atomic E-state index is 0.379. The highest BCUT2D eigenvalue weighted by Gasteiger charge is 2.20. The van der Waals surface area contributed by atoms with Gasteiger partial charge >= 0.3 is 0 Å². The lowest BCUT2D eigenvalue weighted by Gasteiger charge is -2.34. The first kappa shape index (κ1) is 16.9. The molecule has 1 aromatic rings. The summed E-state index contributed by atoms with van der Waals surface area (Å²) in [6.45, 7) is 10.2. The third-order valence-electron chi connectivity index (χ3n) is 3.37. The summed E-state index contributed by atoms with van der Waals surface area (Å²) < 4.78 is 0. The minimum Gasteiger partial charge on any atom is -0.389 e. The molecule has 0 aromatic carbocycles. The number of aromatic nitrogens is 1. The number of hydrogen-bond acceptors (Lipinski definition) is 4. The molecule has 0 bridgehead atoms. The molecule has 0 saturated heterocycles. The molecule has 0 fully saturated rings. The Morgan fingerprint density at radius 1 is 1.40 bits per heavy atom. The number of likely N-dealkylation sites (N-methyl/N-ethyl adjacent to an activating group) is 2. The van der Waals surface area contributed by atoms with Gasteiger partial charge in [-0.15, -0.1) is 0 Å². The SMILES string of the molecule is CCN(c1cc(C)nc(C)c1C(N)=S)C(C)CN(C)C. The van der Waals surface area contributed by atoms with Crippen molar-refractivity contribution in [3.8, 4) is 0 Å². The second-order valence-corrected chi connectivity index (χ2v) is 5.94. The van der Waals surface area contributed by atoms with Crippen molar-refractivity contribution in [3.63, 3.8) is 0 Å². The fourth-order valence-electron chi connectivity index (χ4n) is 2.69. The van der Waals surface area contributed by atoms with Crippen LogP contribution in [0.4, 0.5) is 5.69 Å². The third kappa shape index (κ3) is 3.90. The van der Waals surface area contributed by atoms with Crippen LogP contribution in [0.5, 0.6) is 0 Å². The first-order valence-electron chi connectivity index (χ1n) is 6.97. The molecule has 2 N–H and O–H groups in total. The van der Waals surface area contributed by atoms with Crippen LogP contribution in [-0.4, -0.2) is 48.1 Å². The van der Waals surface area contributed by atoms with Crippen LogP contribution in [0.25, 0.3) is 0 Å². The van der Waals surface area contributed by atoms with Crippen LogP contribution in [0, 0.1) is 13.8 Å². The van der Waals surface area contributed by atoms with Gasteiger partial charge in [0.1, 0.15) is 4.99 Å². The number of thiocarbonyl (C=S) groups is 1. The van der Waals surface area contributed by atoms with Gasteiger partial charge in [-0.05, 0) is 47.9 Å². The van der Waals surface area contributed by atoms with Crippen molar-refractivity contribution in [2.24, 2.45) is 5.73 Å². The van der Waals surface area contributed by atoms with Crippen LogP contribution in [-0.2, 0) is 0 Å². The van der Waals surface area contributed by atoms with Crippen LogP contribution in [0.3, 0.4) is 0 Å². The van der Waals surface area contributed by atoms with E-state index in [4.69, 9.17) is 18.0 Å². The molecule has 0 saturated carbocycles. The fraction of sp³-hybridized carbons (Fsp3) is 0.600. The number of aryl methyl sites for hydroxylation is 2. The number of anilines is 1. The molecule has 1 rings (SSSR count). The second-order valence-electron chi connectivity index (χ2n) is 5.50. The summed E-state index contributed by atoms with van der Waals surface area (Å²) >= 11 is 5.22. The summed E-state index contributed by atoms with van der Waals surface area (Å²) in [5, 5.41) is 0. The van der Waals surface area contributed by atoms with Gasteiger partial charge in [0.05, 0.1) is 11.3 Å². The summed E-state index contributed by atoms with van der Waals surface area (Å²) in [5.41, 5.74) is 9.81. The fourth-order valence-corrected chi connectivity index (χ4v) is 2.94. The normalized spacial score (nSPS) is 12.6. The average molecular weight is 294 g/mol. The van der Waals surface area contributed by atoms with E-state index in [-0.39, 0.29) is 0 Å². The Kier molecular flexibility index (Phi) is 5.89. The Balaban J connectivity index is 3.30. The predicted octanol–water partition coefficient (Wildman–Crippen LogP) is 2.11. The van der Waals surface area contributed by atoms with Gasteiger partial charge in [-0.3, -0.25) is 4.98 Å². The molecule has 0 amide bonds. The highest BCUT2D eigenvalue weighted by atomic mass is 32.1. The van der Waals surface area contributed by atoms with Crippen molar-refractivity contribution < 1.29 is 0 Å². The first-order chi connectivity index (χ1) is 9.27. The van der Waals surface area contributed by atoms with Gasteiger partial charge in [0.2, 0.25) is 0 Å². The van der Waals surface area contributed by atoms with Crippen LogP contribution in [0.15, 0.2) is 6.07 Å². The van der Waals surface area contributed by atoms with Crippen molar-refractivity contribution in [2.45, 2.75) is 33.7 Å². The molecule has 1 heterocycles. The molecule has 0 aliphatic carbocycles. The number of rotatable bonds is 6. The Hall–Kier alpha value is -1.20. The molecule has 1 atom stereocenters. The van der Waals surface area contributed by atoms with Crippen molar-refractivity contribution in [1.29, 1.82) is 0 Å². The maximum Gasteiger partial charge on any atom is 0.107 e. The summed E-state index contributed by atoms with van der Waals surface area (Å²) in [7, 11) is 4.17. The molecule has 1 unspecified atom stereocenters. The standard InChI is InChI=1S/C15H26N4S/c1-7-19(11(3)9-18(5)6)13-8-10(2)17-12(4)14(13)15(16)20/h8,11H,7,9H2,1-6H3,(H2,16,20). The summed E-state index contributed by atoms with van der Waals surface area (Å²) in [6, 6.07) is 2.46. The number of nitrogens with zero attached hydrogens (tertiary/aromatic N) is 3. The third-order valence-corrected chi connectivity index (χ3v) is 3.57. The second kappa shape index (κ2) is 6.99. The lowest BCUT2D eigenvalue weighted by Crippen LogP contribution is -2.41. The first-order valence-corrected chi connectivity index (χ1v) is 7.38. The topological polar surface area (TPSA) is 45.4 Å². The minimum atomic E-state index is 0.379. The van der Waals surface area contributed by atoms with E-state index in [9.17, 15) is 0 Å². The summed E-state index contributed by atoms with van der Waals surface area (Å²) in [4.78, 5) is 9.44. The maximum atomic E-state index is 5.91. The van der Waals surface area contributed by atoms with Crippen LogP contribution in [0.2, 0.25) is 0 Å². The van der Waals surface area contributed by atoms with E-state index in [2.05, 4.69) is 48.8 Å². The highest BCUT2D eigenvalue weighted by Crippen LogP contribution is 2.26. The Morgan fingerprint density at radius 2 is 2.00 bits per heavy atom. The van der Waals surface area contributed by atoms with E-state index in [0.29, 0.717) is 11.0 Å². The Bertz CT molecular complexity index is 485. The zero-order valence-electron chi connectivity index (χ0n) is 13.4. The Labute approximate surface area is 128 Å². The zero-order valence-corrected chi connectivity index (χ0v) is 14.2. The molecular formula is C15H26N4S. The molecule has 20 heavy (non-hydrogen) atoms. The molecule has 5 heteroatoms. The van der Waals surface area contributed by atoms with Gasteiger partial charge in [0.15, 0.2) is 0 Å². The number of nitrogens with two attached hydrogens (primary N) is 1. The van der Waals surface area contributed by atoms with Crippen LogP contribution >= 0.6 is 12.2 Å². The molecule has 0 radical (unpaired) electrons. The maximum absolute atomic E-state index is 5.91. The number of pyridine rings is 1. The van der Waals surface area contributed by atoms with Gasteiger partial charge in [0.25, 0.3) is 0 Å². The van der Waals surface area contributed by atoms with Gasteiger partial charge in [-0.25, -0.2) is 0 Å². The lowest BCUT2D eigenvalue weighted by molar-refractivity contribution is 0.373. The van der Waals surface area contributed by atoms with E-state index >= 15 is 0 Å². The Morgan fingerprint density at radius 3 is 2.45 bits per heavy atom. The van der Waals surface area contributed by atoms with Gasteiger partial charge in [0, 0.05) is 30.5 Å². The van der Waals surface area contributed by atoms with Crippen molar-refractivity contribution in [3.05, 3.63) is 23.0 Å². The summed E-state index contributed by atoms with van der Waals surface area (Å²) in [6.07, 6.45) is 0. The molecule has 4 nitrogen and oxygen atoms in total. The lowest BCUT2D eigenvalue weighted by atomic mass is 10.1. The quantitative estimate of drug-likeness (QED) is 0.814. The average Bonchev–Trinajstić information content (AvgIpc) is 2.26. The molecule has 0 aliphatic heterocycles. The summed E-state index contributed by atoms with van der Waals surface area (Å²) in [5.74, 6) is 0. The van der Waals surface area contributed by atoms with E-state index in [1.807, 2.05) is 13.8 Å². The molecule has 112 valence electrons. The highest BCUT2D eigenvalue weighted by molar-refractivity contribution is 7.80. The molecule has 1 aromatic heterocycles.